The van der Waals surface area contributed by atoms with Gasteiger partial charge in [0.15, 0.2) is 5.76 Å². The van der Waals surface area contributed by atoms with Crippen LogP contribution < -0.4 is 10.6 Å². The Balaban J connectivity index is 1.16. The zero-order chi connectivity index (χ0) is 24.9. The van der Waals surface area contributed by atoms with Gasteiger partial charge >= 0.3 is 0 Å². The first-order chi connectivity index (χ1) is 17.4. The van der Waals surface area contributed by atoms with Crippen molar-refractivity contribution >= 4 is 29.5 Å². The average Bonchev–Trinajstić information content (AvgIpc) is 3.69. The van der Waals surface area contributed by atoms with Crippen LogP contribution in [0.2, 0.25) is 0 Å². The van der Waals surface area contributed by atoms with Crippen LogP contribution in [0.15, 0.2) is 22.8 Å². The maximum Gasteiger partial charge on any atom is 0.259 e. The lowest BCUT2D eigenvalue weighted by Gasteiger charge is -2.40. The van der Waals surface area contributed by atoms with Gasteiger partial charge in [-0.05, 0) is 37.8 Å². The van der Waals surface area contributed by atoms with Gasteiger partial charge in [0.05, 0.1) is 6.26 Å². The molecule has 3 aromatic rings. The fourth-order valence-electron chi connectivity index (χ4n) is 5.79. The standard InChI is InChI=1S/C24H31N9O3/c1-24(8-2-3-9-24)20(35)31-13-11-30(12-14-31)19(34)16-6-4-10-32(16)22-27-21(25)33-23(28-22)26-18(29-33)17-7-5-15-36-17/h5,7,15-16H,2-4,6,8-14H2,1H3,(H2,25,26,27,28,29)/t16-/m0/s1. The largest absolute Gasteiger partial charge is 0.461 e. The molecule has 0 spiro atoms. The van der Waals surface area contributed by atoms with Gasteiger partial charge in [0.2, 0.25) is 29.5 Å². The molecule has 6 rings (SSSR count). The van der Waals surface area contributed by atoms with Crippen molar-refractivity contribution in [1.29, 1.82) is 0 Å². The zero-order valence-corrected chi connectivity index (χ0v) is 20.5. The van der Waals surface area contributed by atoms with Crippen molar-refractivity contribution in [2.75, 3.05) is 43.4 Å². The van der Waals surface area contributed by atoms with E-state index in [2.05, 4.69) is 27.0 Å². The summed E-state index contributed by atoms with van der Waals surface area (Å²) < 4.78 is 6.75. The molecular weight excluding hydrogens is 462 g/mol. The summed E-state index contributed by atoms with van der Waals surface area (Å²) in [6, 6.07) is 3.15. The molecule has 2 amide bonds. The molecule has 190 valence electrons. The van der Waals surface area contributed by atoms with E-state index in [-0.39, 0.29) is 29.2 Å². The van der Waals surface area contributed by atoms with Gasteiger partial charge in [0.25, 0.3) is 5.78 Å². The number of furan rings is 1. The van der Waals surface area contributed by atoms with Crippen LogP contribution in [0.4, 0.5) is 11.9 Å². The SMILES string of the molecule is CC1(C(=O)N2CCN(C(=O)[C@@H]3CCCN3c3nc(N)n4nc(-c5ccco5)nc4n3)CC2)CCCC1. The van der Waals surface area contributed by atoms with E-state index in [9.17, 15) is 9.59 Å². The molecule has 1 aliphatic carbocycles. The number of nitrogens with two attached hydrogens (primary N) is 1. The van der Waals surface area contributed by atoms with Gasteiger partial charge in [0, 0.05) is 38.1 Å². The van der Waals surface area contributed by atoms with Gasteiger partial charge < -0.3 is 24.9 Å². The number of rotatable bonds is 4. The Hall–Kier alpha value is -3.70. The smallest absolute Gasteiger partial charge is 0.259 e. The summed E-state index contributed by atoms with van der Waals surface area (Å²) in [5.74, 6) is 1.99. The van der Waals surface area contributed by atoms with Crippen molar-refractivity contribution in [3.63, 3.8) is 0 Å². The van der Waals surface area contributed by atoms with E-state index in [4.69, 9.17) is 10.2 Å². The molecule has 0 bridgehead atoms. The summed E-state index contributed by atoms with van der Waals surface area (Å²) >= 11 is 0. The monoisotopic (exact) mass is 493 g/mol. The summed E-state index contributed by atoms with van der Waals surface area (Å²) in [5.41, 5.74) is 5.95. The summed E-state index contributed by atoms with van der Waals surface area (Å²) in [6.07, 6.45) is 7.29. The fourth-order valence-corrected chi connectivity index (χ4v) is 5.79. The van der Waals surface area contributed by atoms with Gasteiger partial charge in [-0.1, -0.05) is 19.8 Å². The number of nitrogen functional groups attached to an aromatic ring is 1. The van der Waals surface area contributed by atoms with Crippen LogP contribution in [0.3, 0.4) is 0 Å². The number of fused-ring (bicyclic) bond motifs is 1. The molecular formula is C24H31N9O3. The van der Waals surface area contributed by atoms with Crippen LogP contribution in [-0.4, -0.2) is 84.9 Å². The van der Waals surface area contributed by atoms with E-state index in [0.29, 0.717) is 56.0 Å². The summed E-state index contributed by atoms with van der Waals surface area (Å²) in [4.78, 5) is 45.8. The van der Waals surface area contributed by atoms with Crippen molar-refractivity contribution in [3.05, 3.63) is 18.4 Å². The number of anilines is 2. The lowest BCUT2D eigenvalue weighted by molar-refractivity contribution is -0.146. The van der Waals surface area contributed by atoms with Gasteiger partial charge in [0.1, 0.15) is 6.04 Å². The normalized spacial score (nSPS) is 22.0. The van der Waals surface area contributed by atoms with Crippen LogP contribution >= 0.6 is 0 Å². The molecule has 12 heteroatoms. The average molecular weight is 494 g/mol. The molecule has 1 atom stereocenters. The molecule has 3 aliphatic rings. The number of hydrogen-bond donors (Lipinski definition) is 1. The first kappa shape index (κ1) is 22.7. The highest BCUT2D eigenvalue weighted by Gasteiger charge is 2.41. The fraction of sp³-hybridized carbons (Fsp3) is 0.583. The lowest BCUT2D eigenvalue weighted by Crippen LogP contribution is -2.56. The van der Waals surface area contributed by atoms with Gasteiger partial charge in [-0.2, -0.15) is 19.5 Å². The molecule has 2 N–H and O–H groups in total. The predicted molar refractivity (Wildman–Crippen MR) is 131 cm³/mol. The Morgan fingerprint density at radius 3 is 2.50 bits per heavy atom. The van der Waals surface area contributed by atoms with Crippen LogP contribution in [0.1, 0.15) is 45.4 Å². The third kappa shape index (κ3) is 3.84. The minimum absolute atomic E-state index is 0.0477. The molecule has 3 aromatic heterocycles. The first-order valence-corrected chi connectivity index (χ1v) is 12.7. The summed E-state index contributed by atoms with van der Waals surface area (Å²) in [6.45, 7) is 5.00. The maximum atomic E-state index is 13.5. The molecule has 5 heterocycles. The van der Waals surface area contributed by atoms with E-state index in [0.717, 1.165) is 38.5 Å². The highest BCUT2D eigenvalue weighted by molar-refractivity contribution is 5.86. The minimum Gasteiger partial charge on any atom is -0.461 e. The van der Waals surface area contributed by atoms with E-state index in [1.807, 2.05) is 14.7 Å². The number of hydrogen-bond acceptors (Lipinski definition) is 9. The van der Waals surface area contributed by atoms with Crippen molar-refractivity contribution in [2.24, 2.45) is 5.41 Å². The molecule has 36 heavy (non-hydrogen) atoms. The Bertz CT molecular complexity index is 1270. The number of nitrogens with zero attached hydrogens (tertiary/aromatic N) is 8. The number of piperazine rings is 1. The van der Waals surface area contributed by atoms with Gasteiger partial charge in [-0.25, -0.2) is 0 Å². The van der Waals surface area contributed by atoms with Crippen molar-refractivity contribution in [3.8, 4) is 11.6 Å². The molecule has 1 saturated carbocycles. The number of aromatic nitrogens is 5. The topological polar surface area (TPSA) is 139 Å². The van der Waals surface area contributed by atoms with Crippen LogP contribution in [0.25, 0.3) is 17.4 Å². The highest BCUT2D eigenvalue weighted by atomic mass is 16.3. The second-order valence-corrected chi connectivity index (χ2v) is 10.2. The highest BCUT2D eigenvalue weighted by Crippen LogP contribution is 2.39. The van der Waals surface area contributed by atoms with Crippen molar-refractivity contribution < 1.29 is 14.0 Å². The van der Waals surface area contributed by atoms with E-state index in [1.54, 1.807) is 18.4 Å². The second-order valence-electron chi connectivity index (χ2n) is 10.2. The molecule has 2 aliphatic heterocycles. The van der Waals surface area contributed by atoms with Gasteiger partial charge in [-0.3, -0.25) is 9.59 Å². The minimum atomic E-state index is -0.367. The lowest BCUT2D eigenvalue weighted by atomic mass is 9.87. The first-order valence-electron chi connectivity index (χ1n) is 12.7. The van der Waals surface area contributed by atoms with E-state index in [1.165, 1.54) is 4.52 Å². The Labute approximate surface area is 208 Å². The molecule has 3 fully saturated rings. The van der Waals surface area contributed by atoms with Crippen LogP contribution in [-0.2, 0) is 9.59 Å². The molecule has 2 saturated heterocycles. The molecule has 0 unspecified atom stereocenters. The zero-order valence-electron chi connectivity index (χ0n) is 20.5. The third-order valence-electron chi connectivity index (χ3n) is 7.86. The van der Waals surface area contributed by atoms with Crippen molar-refractivity contribution in [1.82, 2.24) is 34.4 Å². The van der Waals surface area contributed by atoms with E-state index >= 15 is 0 Å². The Morgan fingerprint density at radius 2 is 1.78 bits per heavy atom. The number of carbonyl (C=O) groups excluding carboxylic acids is 2. The predicted octanol–water partition coefficient (Wildman–Crippen LogP) is 1.58. The summed E-state index contributed by atoms with van der Waals surface area (Å²) in [7, 11) is 0. The maximum absolute atomic E-state index is 13.5. The van der Waals surface area contributed by atoms with Crippen LogP contribution in [0, 0.1) is 5.41 Å². The van der Waals surface area contributed by atoms with Crippen molar-refractivity contribution in [2.45, 2.75) is 51.5 Å². The van der Waals surface area contributed by atoms with Crippen LogP contribution in [0.5, 0.6) is 0 Å². The molecule has 0 radical (unpaired) electrons. The molecule has 12 nitrogen and oxygen atoms in total. The van der Waals surface area contributed by atoms with Gasteiger partial charge in [-0.15, -0.1) is 5.10 Å². The molecule has 0 aromatic carbocycles. The number of amides is 2. The summed E-state index contributed by atoms with van der Waals surface area (Å²) in [5, 5.41) is 4.34. The Morgan fingerprint density at radius 1 is 1.03 bits per heavy atom. The Kier molecular flexibility index (Phi) is 5.53. The quantitative estimate of drug-likeness (QED) is 0.574. The number of carbonyl (C=O) groups is 2. The van der Waals surface area contributed by atoms with E-state index < -0.39 is 0 Å². The second kappa shape index (κ2) is 8.75. The third-order valence-corrected chi connectivity index (χ3v) is 7.86.